The second kappa shape index (κ2) is 6.07. The third-order valence-corrected chi connectivity index (χ3v) is 4.18. The molecule has 2 rings (SSSR count). The van der Waals surface area contributed by atoms with Crippen molar-refractivity contribution in [3.8, 4) is 0 Å². The number of halogens is 1. The lowest BCUT2D eigenvalue weighted by molar-refractivity contribution is 0.278. The number of anilines is 2. The molecule has 3 heteroatoms. The Hall–Kier alpha value is -1.25. The van der Waals surface area contributed by atoms with Gasteiger partial charge in [0.25, 0.3) is 0 Å². The van der Waals surface area contributed by atoms with Crippen LogP contribution < -0.4 is 11.1 Å². The zero-order valence-corrected chi connectivity index (χ0v) is 11.1. The van der Waals surface area contributed by atoms with Crippen molar-refractivity contribution in [2.75, 3.05) is 17.6 Å². The minimum Gasteiger partial charge on any atom is -0.395 e. The normalized spacial score (nSPS) is 23.9. The van der Waals surface area contributed by atoms with E-state index < -0.39 is 0 Å². The fourth-order valence-electron chi connectivity index (χ4n) is 2.79. The van der Waals surface area contributed by atoms with Gasteiger partial charge in [-0.1, -0.05) is 32.3 Å². The summed E-state index contributed by atoms with van der Waals surface area (Å²) in [4.78, 5) is 0. The Balaban J connectivity index is 1.83. The molecule has 0 bridgehead atoms. The molecule has 18 heavy (non-hydrogen) atoms. The maximum absolute atomic E-state index is 13.3. The van der Waals surface area contributed by atoms with Gasteiger partial charge in [0.2, 0.25) is 0 Å². The maximum atomic E-state index is 13.3. The highest BCUT2D eigenvalue weighted by molar-refractivity contribution is 5.66. The van der Waals surface area contributed by atoms with Crippen LogP contribution in [0.2, 0.25) is 0 Å². The first kappa shape index (κ1) is 13.2. The Morgan fingerprint density at radius 2 is 1.89 bits per heavy atom. The van der Waals surface area contributed by atoms with Crippen molar-refractivity contribution < 1.29 is 4.39 Å². The lowest BCUT2D eigenvalue weighted by Gasteiger charge is -2.28. The topological polar surface area (TPSA) is 38.0 Å². The molecule has 2 nitrogen and oxygen atoms in total. The molecule has 1 aliphatic carbocycles. The molecule has 0 amide bonds. The predicted octanol–water partition coefficient (Wildman–Crippen LogP) is 4.04. The average Bonchev–Trinajstić information content (AvgIpc) is 2.41. The Morgan fingerprint density at radius 3 is 2.56 bits per heavy atom. The lowest BCUT2D eigenvalue weighted by atomic mass is 9.81. The molecule has 100 valence electrons. The zero-order valence-electron chi connectivity index (χ0n) is 11.1. The molecule has 1 aliphatic rings. The van der Waals surface area contributed by atoms with Crippen LogP contribution in [0.25, 0.3) is 0 Å². The Bertz CT molecular complexity index is 384. The molecule has 0 aromatic heterocycles. The molecule has 1 fully saturated rings. The van der Waals surface area contributed by atoms with Gasteiger partial charge in [-0.2, -0.15) is 0 Å². The molecule has 1 aromatic carbocycles. The highest BCUT2D eigenvalue weighted by Crippen LogP contribution is 2.31. The van der Waals surface area contributed by atoms with Gasteiger partial charge in [0.15, 0.2) is 0 Å². The van der Waals surface area contributed by atoms with Crippen molar-refractivity contribution in [2.45, 2.75) is 39.0 Å². The molecule has 0 saturated heterocycles. The van der Waals surface area contributed by atoms with Gasteiger partial charge in [-0.05, 0) is 36.8 Å². The minimum absolute atomic E-state index is 0.236. The first-order valence-electron chi connectivity index (χ1n) is 6.98. The second-order valence-electron chi connectivity index (χ2n) is 5.38. The van der Waals surface area contributed by atoms with E-state index in [1.807, 2.05) is 6.07 Å². The number of nitrogens with one attached hydrogen (secondary N) is 1. The molecule has 0 heterocycles. The van der Waals surface area contributed by atoms with Crippen molar-refractivity contribution in [1.82, 2.24) is 0 Å². The van der Waals surface area contributed by atoms with E-state index in [2.05, 4.69) is 12.2 Å². The van der Waals surface area contributed by atoms with Crippen molar-refractivity contribution >= 4 is 11.4 Å². The van der Waals surface area contributed by atoms with E-state index in [1.165, 1.54) is 38.2 Å². The Morgan fingerprint density at radius 1 is 1.22 bits per heavy atom. The summed E-state index contributed by atoms with van der Waals surface area (Å²) in [5, 5.41) is 3.29. The van der Waals surface area contributed by atoms with Gasteiger partial charge in [-0.3, -0.25) is 0 Å². The lowest BCUT2D eigenvalue weighted by Crippen LogP contribution is -2.21. The van der Waals surface area contributed by atoms with Gasteiger partial charge >= 0.3 is 0 Å². The standard InChI is InChI=1S/C15H23FN2/c1-2-11-6-8-12(9-7-11)10-18-14-5-3-4-13(16)15(14)17/h3-5,11-12,18H,2,6-10,17H2,1H3. The minimum atomic E-state index is -0.338. The monoisotopic (exact) mass is 250 g/mol. The van der Waals surface area contributed by atoms with E-state index in [4.69, 9.17) is 5.73 Å². The Labute approximate surface area is 109 Å². The van der Waals surface area contributed by atoms with Crippen LogP contribution in [0.3, 0.4) is 0 Å². The summed E-state index contributed by atoms with van der Waals surface area (Å²) in [5.41, 5.74) is 6.67. The molecular formula is C15H23FN2. The number of benzene rings is 1. The van der Waals surface area contributed by atoms with E-state index in [-0.39, 0.29) is 11.5 Å². The fraction of sp³-hybridized carbons (Fsp3) is 0.600. The molecule has 1 aromatic rings. The van der Waals surface area contributed by atoms with Crippen LogP contribution in [-0.4, -0.2) is 6.54 Å². The summed E-state index contributed by atoms with van der Waals surface area (Å²) >= 11 is 0. The Kier molecular flexibility index (Phi) is 4.45. The van der Waals surface area contributed by atoms with Crippen LogP contribution in [0.1, 0.15) is 39.0 Å². The fourth-order valence-corrected chi connectivity index (χ4v) is 2.79. The van der Waals surface area contributed by atoms with Crippen molar-refractivity contribution in [3.63, 3.8) is 0 Å². The third kappa shape index (κ3) is 3.15. The summed E-state index contributed by atoms with van der Waals surface area (Å²) in [6, 6.07) is 4.94. The number of hydrogen-bond acceptors (Lipinski definition) is 2. The van der Waals surface area contributed by atoms with Crippen LogP contribution in [-0.2, 0) is 0 Å². The van der Waals surface area contributed by atoms with E-state index in [1.54, 1.807) is 6.07 Å². The second-order valence-corrected chi connectivity index (χ2v) is 5.38. The van der Waals surface area contributed by atoms with E-state index in [0.717, 1.165) is 18.2 Å². The first-order chi connectivity index (χ1) is 8.70. The smallest absolute Gasteiger partial charge is 0.148 e. The van der Waals surface area contributed by atoms with Crippen molar-refractivity contribution in [1.29, 1.82) is 0 Å². The largest absolute Gasteiger partial charge is 0.395 e. The quantitative estimate of drug-likeness (QED) is 0.792. The first-order valence-corrected chi connectivity index (χ1v) is 6.98. The summed E-state index contributed by atoms with van der Waals surface area (Å²) in [6.07, 6.45) is 6.53. The molecule has 3 N–H and O–H groups in total. The number of rotatable bonds is 4. The van der Waals surface area contributed by atoms with E-state index in [9.17, 15) is 4.39 Å². The molecule has 0 radical (unpaired) electrons. The van der Waals surface area contributed by atoms with Crippen molar-refractivity contribution in [3.05, 3.63) is 24.0 Å². The van der Waals surface area contributed by atoms with Crippen LogP contribution in [0.4, 0.5) is 15.8 Å². The summed E-state index contributed by atoms with van der Waals surface area (Å²) in [6.45, 7) is 3.18. The molecular weight excluding hydrogens is 227 g/mol. The highest BCUT2D eigenvalue weighted by Gasteiger charge is 2.19. The van der Waals surface area contributed by atoms with Gasteiger partial charge in [-0.15, -0.1) is 0 Å². The van der Waals surface area contributed by atoms with Crippen LogP contribution in [0.15, 0.2) is 18.2 Å². The van der Waals surface area contributed by atoms with Crippen molar-refractivity contribution in [2.24, 2.45) is 11.8 Å². The molecule has 0 unspecified atom stereocenters. The average molecular weight is 250 g/mol. The number of nitrogens with two attached hydrogens (primary N) is 1. The number of para-hydroxylation sites is 1. The van der Waals surface area contributed by atoms with Crippen LogP contribution in [0, 0.1) is 17.7 Å². The number of hydrogen-bond donors (Lipinski definition) is 2. The van der Waals surface area contributed by atoms with Gasteiger partial charge in [0.1, 0.15) is 5.82 Å². The third-order valence-electron chi connectivity index (χ3n) is 4.18. The van der Waals surface area contributed by atoms with Gasteiger partial charge in [-0.25, -0.2) is 4.39 Å². The van der Waals surface area contributed by atoms with Crippen LogP contribution in [0.5, 0.6) is 0 Å². The summed E-state index contributed by atoms with van der Waals surface area (Å²) < 4.78 is 13.3. The van der Waals surface area contributed by atoms with Gasteiger partial charge in [0.05, 0.1) is 11.4 Å². The van der Waals surface area contributed by atoms with Gasteiger partial charge in [0, 0.05) is 6.54 Å². The number of nitrogen functional groups attached to an aromatic ring is 1. The van der Waals surface area contributed by atoms with E-state index in [0.29, 0.717) is 5.92 Å². The highest BCUT2D eigenvalue weighted by atomic mass is 19.1. The summed E-state index contributed by atoms with van der Waals surface area (Å²) in [5.74, 6) is 1.28. The predicted molar refractivity (Wildman–Crippen MR) is 75.0 cm³/mol. The maximum Gasteiger partial charge on any atom is 0.148 e. The molecule has 1 saturated carbocycles. The molecule has 0 atom stereocenters. The van der Waals surface area contributed by atoms with Crippen LogP contribution >= 0.6 is 0 Å². The SMILES string of the molecule is CCC1CCC(CNc2cccc(F)c2N)CC1. The van der Waals surface area contributed by atoms with E-state index >= 15 is 0 Å². The zero-order chi connectivity index (χ0) is 13.0. The molecule has 0 aliphatic heterocycles. The van der Waals surface area contributed by atoms with Gasteiger partial charge < -0.3 is 11.1 Å². The summed E-state index contributed by atoms with van der Waals surface area (Å²) in [7, 11) is 0. The molecule has 0 spiro atoms.